The van der Waals surface area contributed by atoms with E-state index in [0.29, 0.717) is 79.4 Å². The zero-order chi connectivity index (χ0) is 53.4. The smallest absolute Gasteiger partial charge is 0.416 e. The molecule has 5 heterocycles. The summed E-state index contributed by atoms with van der Waals surface area (Å²) < 4.78 is 46.8. The third-order valence-corrected chi connectivity index (χ3v) is 15.6. The van der Waals surface area contributed by atoms with Crippen LogP contribution in [0.3, 0.4) is 0 Å². The van der Waals surface area contributed by atoms with Gasteiger partial charge in [0, 0.05) is 69.3 Å². The maximum Gasteiger partial charge on any atom is 0.416 e. The molecule has 0 saturated carbocycles. The number of carbonyl (C=O) groups excluding carboxylic acids is 4. The van der Waals surface area contributed by atoms with Crippen LogP contribution in [-0.2, 0) is 25.4 Å². The van der Waals surface area contributed by atoms with Gasteiger partial charge in [-0.1, -0.05) is 45.0 Å². The van der Waals surface area contributed by atoms with Crippen molar-refractivity contribution in [3.05, 3.63) is 93.9 Å². The SMILES string of the molecule is COc1cc2nc(C)nc(N[C@H](C)c3cc(N)cc(C(F)(F)F)c3)c2cc1C1CCN(C(=O)C2CN(CCC(=O)N[C@H](C(=O)N3C[C@H](O)C[C@H]3C(=O)N[C@@H](C)c3ccc(-c4scnc4C)cc3)C(C)(C)C)C2)CC1. The lowest BCUT2D eigenvalue weighted by molar-refractivity contribution is -0.144. The van der Waals surface area contributed by atoms with Crippen molar-refractivity contribution < 1.29 is 42.2 Å². The zero-order valence-corrected chi connectivity index (χ0v) is 44.0. The van der Waals surface area contributed by atoms with E-state index in [9.17, 15) is 37.5 Å². The normalized spacial score (nSPS) is 19.2. The molecular weight excluding hydrogens is 974 g/mol. The van der Waals surface area contributed by atoms with Gasteiger partial charge in [-0.05, 0) is 98.4 Å². The number of rotatable bonds is 15. The van der Waals surface area contributed by atoms with Gasteiger partial charge in [0.25, 0.3) is 0 Å². The van der Waals surface area contributed by atoms with Crippen LogP contribution < -0.4 is 26.4 Å². The summed E-state index contributed by atoms with van der Waals surface area (Å²) in [5.41, 5.74) is 10.9. The number of aliphatic hydroxyl groups excluding tert-OH is 1. The first-order valence-electron chi connectivity index (χ1n) is 25.2. The molecule has 5 atom stereocenters. The number of ether oxygens (including phenoxy) is 1. The molecule has 3 aliphatic heterocycles. The number of nitrogens with one attached hydrogen (secondary N) is 3. The van der Waals surface area contributed by atoms with Gasteiger partial charge in [0.15, 0.2) is 0 Å². The second-order valence-electron chi connectivity index (χ2n) is 21.2. The number of hydrogen-bond acceptors (Lipinski definition) is 13. The third kappa shape index (κ3) is 12.1. The Morgan fingerprint density at radius 2 is 1.62 bits per heavy atom. The molecule has 3 saturated heterocycles. The van der Waals surface area contributed by atoms with Crippen LogP contribution in [0.15, 0.2) is 60.1 Å². The first kappa shape index (κ1) is 53.9. The molecule has 2 aromatic heterocycles. The number of nitrogen functional groups attached to an aromatic ring is 1. The topological polar surface area (TPSA) is 208 Å². The Kier molecular flexibility index (Phi) is 15.9. The van der Waals surface area contributed by atoms with Crippen LogP contribution in [0.4, 0.5) is 24.7 Å². The number of methoxy groups -OCH3 is 1. The molecule has 20 heteroatoms. The van der Waals surface area contributed by atoms with E-state index in [4.69, 9.17) is 10.5 Å². The largest absolute Gasteiger partial charge is 0.496 e. The van der Waals surface area contributed by atoms with Crippen molar-refractivity contribution in [1.29, 1.82) is 0 Å². The van der Waals surface area contributed by atoms with Crippen molar-refractivity contribution in [2.45, 2.75) is 117 Å². The molecule has 5 aromatic rings. The Balaban J connectivity index is 0.822. The predicted octanol–water partition coefficient (Wildman–Crippen LogP) is 7.55. The molecule has 3 aromatic carbocycles. The number of β-amino-alcohol motifs (C(OH)–C–C–N with tert-alkyl or cyclic N) is 1. The van der Waals surface area contributed by atoms with Crippen LogP contribution in [0.2, 0.25) is 0 Å². The highest BCUT2D eigenvalue weighted by atomic mass is 32.1. The number of likely N-dealkylation sites (tertiary alicyclic amines) is 3. The number of hydrogen-bond donors (Lipinski definition) is 5. The van der Waals surface area contributed by atoms with Gasteiger partial charge in [-0.15, -0.1) is 11.3 Å². The lowest BCUT2D eigenvalue weighted by Gasteiger charge is -2.42. The highest BCUT2D eigenvalue weighted by Crippen LogP contribution is 2.40. The number of piperidine rings is 1. The number of nitrogens with zero attached hydrogens (tertiary/aromatic N) is 6. The zero-order valence-electron chi connectivity index (χ0n) is 43.2. The third-order valence-electron chi connectivity index (χ3n) is 14.6. The van der Waals surface area contributed by atoms with Gasteiger partial charge < -0.3 is 46.2 Å². The minimum Gasteiger partial charge on any atom is -0.496 e. The fraction of sp³-hybridized carbons (Fsp3) is 0.500. The van der Waals surface area contributed by atoms with Gasteiger partial charge >= 0.3 is 6.18 Å². The maximum absolute atomic E-state index is 14.2. The standard InChI is InChI=1S/C54H67F3N10O6S/c1-29(33-9-11-35(12-10-33)47-31(3)59-28-74-47)61-50(70)44-22-40(68)27-67(44)52(72)48(53(5,6)7)64-46(69)15-16-65-25-37(26-65)51(71)66-17-13-34(14-18-66)41-23-42-43(24-45(41)73-8)62-32(4)63-49(42)60-30(2)36-19-38(54(55,56)57)21-39(58)20-36/h9-12,19-21,23-24,28-30,34,37,40,44,48,68H,13-18,22,25-27,58H2,1-8H3,(H,61,70)(H,64,69)(H,60,62,63)/t29-,30+,40+,44-,48+/m0/s1. The van der Waals surface area contributed by atoms with Gasteiger partial charge in [-0.25, -0.2) is 15.0 Å². The van der Waals surface area contributed by atoms with Gasteiger partial charge in [-0.2, -0.15) is 13.2 Å². The first-order valence-corrected chi connectivity index (χ1v) is 26.1. The minimum absolute atomic E-state index is 0.00667. The summed E-state index contributed by atoms with van der Waals surface area (Å²) in [4.78, 5) is 75.3. The average Bonchev–Trinajstić information content (AvgIpc) is 3.96. The van der Waals surface area contributed by atoms with Gasteiger partial charge in [0.1, 0.15) is 29.5 Å². The lowest BCUT2D eigenvalue weighted by atomic mass is 9.85. The van der Waals surface area contributed by atoms with E-state index >= 15 is 0 Å². The summed E-state index contributed by atoms with van der Waals surface area (Å²) in [7, 11) is 1.59. The summed E-state index contributed by atoms with van der Waals surface area (Å²) >= 11 is 1.56. The number of aryl methyl sites for hydroxylation is 2. The number of anilines is 2. The van der Waals surface area contributed by atoms with Crippen molar-refractivity contribution in [2.75, 3.05) is 57.4 Å². The number of halogens is 3. The number of aromatic nitrogens is 3. The number of fused-ring (bicyclic) bond motifs is 1. The van der Waals surface area contributed by atoms with E-state index in [2.05, 4.69) is 30.9 Å². The highest BCUT2D eigenvalue weighted by Gasteiger charge is 2.45. The number of benzene rings is 3. The van der Waals surface area contributed by atoms with Crippen molar-refractivity contribution in [2.24, 2.45) is 11.3 Å². The second-order valence-corrected chi connectivity index (χ2v) is 22.0. The molecule has 74 heavy (non-hydrogen) atoms. The van der Waals surface area contributed by atoms with Crippen molar-refractivity contribution in [3.8, 4) is 16.2 Å². The summed E-state index contributed by atoms with van der Waals surface area (Å²) in [5.74, 6) is 0.340. The summed E-state index contributed by atoms with van der Waals surface area (Å²) in [6, 6.07) is 12.4. The van der Waals surface area contributed by atoms with E-state index in [1.54, 1.807) is 32.3 Å². The molecule has 0 radical (unpaired) electrons. The molecule has 16 nitrogen and oxygen atoms in total. The van der Waals surface area contributed by atoms with E-state index in [0.717, 1.165) is 39.4 Å². The van der Waals surface area contributed by atoms with Crippen molar-refractivity contribution in [1.82, 2.24) is 40.3 Å². The molecule has 0 aliphatic carbocycles. The summed E-state index contributed by atoms with van der Waals surface area (Å²) in [5, 5.41) is 20.7. The fourth-order valence-corrected chi connectivity index (χ4v) is 11.2. The molecule has 3 fully saturated rings. The van der Waals surface area contributed by atoms with E-state index in [-0.39, 0.29) is 60.7 Å². The molecule has 4 amide bonds. The molecule has 0 spiro atoms. The predicted molar refractivity (Wildman–Crippen MR) is 278 cm³/mol. The van der Waals surface area contributed by atoms with E-state index in [1.165, 1.54) is 11.0 Å². The first-order chi connectivity index (χ1) is 35.0. The number of nitrogens with two attached hydrogens (primary N) is 1. The van der Waals surface area contributed by atoms with Crippen LogP contribution in [0.1, 0.15) is 112 Å². The second kappa shape index (κ2) is 21.8. The molecular formula is C54H67F3N10O6S. The molecule has 0 unspecified atom stereocenters. The number of aliphatic hydroxyl groups is 1. The number of amides is 4. The van der Waals surface area contributed by atoms with Crippen LogP contribution >= 0.6 is 11.3 Å². The summed E-state index contributed by atoms with van der Waals surface area (Å²) in [6.45, 7) is 15.3. The van der Waals surface area contributed by atoms with Gasteiger partial charge in [0.05, 0.1) is 58.4 Å². The van der Waals surface area contributed by atoms with Crippen LogP contribution in [0, 0.1) is 25.2 Å². The average molecular weight is 1040 g/mol. The molecule has 6 N–H and O–H groups in total. The quantitative estimate of drug-likeness (QED) is 0.0645. The minimum atomic E-state index is -4.55. The van der Waals surface area contributed by atoms with E-state index in [1.807, 2.05) is 86.3 Å². The molecule has 8 rings (SSSR count). The lowest BCUT2D eigenvalue weighted by Crippen LogP contribution is -2.58. The van der Waals surface area contributed by atoms with Crippen LogP contribution in [0.25, 0.3) is 21.3 Å². The van der Waals surface area contributed by atoms with Crippen LogP contribution in [0.5, 0.6) is 5.75 Å². The molecule has 3 aliphatic rings. The molecule has 396 valence electrons. The van der Waals surface area contributed by atoms with Crippen LogP contribution in [-0.4, -0.2) is 123 Å². The molecule has 0 bridgehead atoms. The Hall–Kier alpha value is -6.38. The Bertz CT molecular complexity index is 2880. The highest BCUT2D eigenvalue weighted by molar-refractivity contribution is 7.13. The Morgan fingerprint density at radius 3 is 2.26 bits per heavy atom. The Labute approximate surface area is 433 Å². The monoisotopic (exact) mass is 1040 g/mol. The summed E-state index contributed by atoms with van der Waals surface area (Å²) in [6.07, 6.45) is -3.91. The number of alkyl halides is 3. The number of carbonyl (C=O) groups is 4. The number of thiazole rings is 1. The van der Waals surface area contributed by atoms with Crippen molar-refractivity contribution in [3.63, 3.8) is 0 Å². The van der Waals surface area contributed by atoms with Gasteiger partial charge in [-0.3, -0.25) is 19.2 Å². The fourth-order valence-electron chi connectivity index (χ4n) is 10.4. The maximum atomic E-state index is 14.2. The Morgan fingerprint density at radius 1 is 0.919 bits per heavy atom. The van der Waals surface area contributed by atoms with Gasteiger partial charge in [0.2, 0.25) is 23.6 Å². The van der Waals surface area contributed by atoms with E-state index < -0.39 is 47.3 Å². The van der Waals surface area contributed by atoms with Crippen molar-refractivity contribution >= 4 is 57.4 Å².